The second kappa shape index (κ2) is 8.16. The second-order valence-corrected chi connectivity index (χ2v) is 7.19. The van der Waals surface area contributed by atoms with Crippen molar-refractivity contribution in [3.05, 3.63) is 18.2 Å². The largest absolute Gasteiger partial charge is 0.486 e. The molecule has 1 aliphatic rings. The van der Waals surface area contributed by atoms with E-state index in [0.717, 1.165) is 6.54 Å². The van der Waals surface area contributed by atoms with Crippen LogP contribution in [0.3, 0.4) is 0 Å². The number of sulfone groups is 1. The minimum atomic E-state index is -3.54. The van der Waals surface area contributed by atoms with Gasteiger partial charge in [0, 0.05) is 25.6 Å². The number of ether oxygens (including phenoxy) is 2. The lowest BCUT2D eigenvalue weighted by Gasteiger charge is -2.18. The van der Waals surface area contributed by atoms with Crippen molar-refractivity contribution in [2.24, 2.45) is 0 Å². The minimum Gasteiger partial charge on any atom is -0.486 e. The van der Waals surface area contributed by atoms with Crippen LogP contribution < -0.4 is 20.1 Å². The van der Waals surface area contributed by atoms with Crippen molar-refractivity contribution in [2.75, 3.05) is 38.6 Å². The average Bonchev–Trinajstić information content (AvgIpc) is 2.56. The highest BCUT2D eigenvalue weighted by Gasteiger charge is 2.20. The van der Waals surface area contributed by atoms with Gasteiger partial charge in [-0.05, 0) is 18.7 Å². The summed E-state index contributed by atoms with van der Waals surface area (Å²) in [7, 11) is -3.54. The zero-order chi connectivity index (χ0) is 16.7. The zero-order valence-electron chi connectivity index (χ0n) is 13.1. The number of benzene rings is 1. The first-order chi connectivity index (χ1) is 11.0. The van der Waals surface area contributed by atoms with E-state index in [1.54, 1.807) is 6.07 Å². The third-order valence-electron chi connectivity index (χ3n) is 3.34. The van der Waals surface area contributed by atoms with Crippen LogP contribution in [0.5, 0.6) is 11.5 Å². The van der Waals surface area contributed by atoms with Gasteiger partial charge >= 0.3 is 0 Å². The Kier molecular flexibility index (Phi) is 6.23. The van der Waals surface area contributed by atoms with Crippen LogP contribution in [-0.2, 0) is 14.6 Å². The highest BCUT2D eigenvalue weighted by atomic mass is 32.2. The summed E-state index contributed by atoms with van der Waals surface area (Å²) in [6.45, 7) is 4.79. The molecule has 1 aliphatic heterocycles. The van der Waals surface area contributed by atoms with E-state index in [1.807, 2.05) is 6.92 Å². The van der Waals surface area contributed by atoms with E-state index in [9.17, 15) is 13.2 Å². The molecule has 0 unspecified atom stereocenters. The Morgan fingerprint density at radius 1 is 1.17 bits per heavy atom. The maximum absolute atomic E-state index is 12.3. The van der Waals surface area contributed by atoms with Gasteiger partial charge in [0.1, 0.15) is 13.2 Å². The van der Waals surface area contributed by atoms with Crippen molar-refractivity contribution in [1.29, 1.82) is 0 Å². The molecule has 1 heterocycles. The summed E-state index contributed by atoms with van der Waals surface area (Å²) < 4.78 is 35.4. The van der Waals surface area contributed by atoms with Gasteiger partial charge in [0.25, 0.3) is 0 Å². The molecular weight excluding hydrogens is 320 g/mol. The predicted molar refractivity (Wildman–Crippen MR) is 85.7 cm³/mol. The fraction of sp³-hybridized carbons (Fsp3) is 0.533. The predicted octanol–water partition coefficient (Wildman–Crippen LogP) is 0.347. The fourth-order valence-electron chi connectivity index (χ4n) is 2.12. The van der Waals surface area contributed by atoms with E-state index in [1.165, 1.54) is 12.1 Å². The summed E-state index contributed by atoms with van der Waals surface area (Å²) in [6.07, 6.45) is -0.0666. The molecule has 8 heteroatoms. The van der Waals surface area contributed by atoms with Gasteiger partial charge in [0.2, 0.25) is 5.91 Å². The van der Waals surface area contributed by atoms with Gasteiger partial charge in [-0.3, -0.25) is 4.79 Å². The molecule has 0 spiro atoms. The molecule has 1 aromatic carbocycles. The van der Waals surface area contributed by atoms with E-state index in [0.29, 0.717) is 37.8 Å². The highest BCUT2D eigenvalue weighted by molar-refractivity contribution is 7.91. The lowest BCUT2D eigenvalue weighted by molar-refractivity contribution is -0.120. The van der Waals surface area contributed by atoms with Crippen molar-refractivity contribution in [3.63, 3.8) is 0 Å². The molecule has 2 rings (SSSR count). The first kappa shape index (κ1) is 17.6. The number of fused-ring (bicyclic) bond motifs is 1. The summed E-state index contributed by atoms with van der Waals surface area (Å²) >= 11 is 0. The van der Waals surface area contributed by atoms with Crippen molar-refractivity contribution < 1.29 is 22.7 Å². The van der Waals surface area contributed by atoms with Crippen LogP contribution in [0.4, 0.5) is 0 Å². The number of likely N-dealkylation sites (N-methyl/N-ethyl adjacent to an activating group) is 1. The smallest absolute Gasteiger partial charge is 0.221 e. The summed E-state index contributed by atoms with van der Waals surface area (Å²) in [6, 6.07) is 4.51. The Labute approximate surface area is 136 Å². The van der Waals surface area contributed by atoms with Gasteiger partial charge in [0.05, 0.1) is 10.6 Å². The molecule has 7 nitrogen and oxygen atoms in total. The maximum atomic E-state index is 12.3. The third kappa shape index (κ3) is 5.11. The summed E-state index contributed by atoms with van der Waals surface area (Å²) in [4.78, 5) is 11.8. The van der Waals surface area contributed by atoms with Gasteiger partial charge in [-0.15, -0.1) is 0 Å². The minimum absolute atomic E-state index is 0.0666. The number of amides is 1. The SMILES string of the molecule is CCNCCNC(=O)CCS(=O)(=O)c1ccc2c(c1)OCCO2. The first-order valence-electron chi connectivity index (χ1n) is 7.63. The van der Waals surface area contributed by atoms with Crippen LogP contribution in [0.15, 0.2) is 23.1 Å². The van der Waals surface area contributed by atoms with E-state index in [4.69, 9.17) is 9.47 Å². The summed E-state index contributed by atoms with van der Waals surface area (Å²) in [5, 5.41) is 5.75. The quantitative estimate of drug-likeness (QED) is 0.662. The van der Waals surface area contributed by atoms with E-state index >= 15 is 0 Å². The van der Waals surface area contributed by atoms with Crippen molar-refractivity contribution >= 4 is 15.7 Å². The summed E-state index contributed by atoms with van der Waals surface area (Å²) in [5.74, 6) is 0.451. The van der Waals surface area contributed by atoms with Crippen molar-refractivity contribution in [1.82, 2.24) is 10.6 Å². The molecule has 0 bridgehead atoms. The highest BCUT2D eigenvalue weighted by Crippen LogP contribution is 2.32. The Morgan fingerprint density at radius 2 is 1.91 bits per heavy atom. The van der Waals surface area contributed by atoms with E-state index < -0.39 is 9.84 Å². The molecule has 0 fully saturated rings. The Bertz CT molecular complexity index is 645. The Hall–Kier alpha value is -1.80. The molecular formula is C15H22N2O5S. The van der Waals surface area contributed by atoms with E-state index in [2.05, 4.69) is 10.6 Å². The molecule has 1 amide bonds. The van der Waals surface area contributed by atoms with Gasteiger partial charge in [-0.2, -0.15) is 0 Å². The molecule has 0 radical (unpaired) electrons. The normalized spacial score (nSPS) is 13.6. The number of hydrogen-bond donors (Lipinski definition) is 2. The number of carbonyl (C=O) groups excluding carboxylic acids is 1. The maximum Gasteiger partial charge on any atom is 0.221 e. The fourth-order valence-corrected chi connectivity index (χ4v) is 3.37. The number of hydrogen-bond acceptors (Lipinski definition) is 6. The molecule has 0 saturated carbocycles. The monoisotopic (exact) mass is 342 g/mol. The van der Waals surface area contributed by atoms with Crippen LogP contribution >= 0.6 is 0 Å². The number of carbonyl (C=O) groups is 1. The average molecular weight is 342 g/mol. The molecule has 0 saturated heterocycles. The van der Waals surface area contributed by atoms with Crippen LogP contribution in [0.25, 0.3) is 0 Å². The van der Waals surface area contributed by atoms with Crippen LogP contribution in [0, 0.1) is 0 Å². The number of rotatable bonds is 8. The lowest BCUT2D eigenvalue weighted by Crippen LogP contribution is -2.32. The molecule has 1 aromatic rings. The Balaban J connectivity index is 1.90. The standard InChI is InChI=1S/C15H22N2O5S/c1-2-16-6-7-17-15(18)5-10-23(19,20)12-3-4-13-14(11-12)22-9-8-21-13/h3-4,11,16H,2,5-10H2,1H3,(H,17,18). The first-order valence-corrected chi connectivity index (χ1v) is 9.28. The van der Waals surface area contributed by atoms with Gasteiger partial charge in [-0.1, -0.05) is 6.92 Å². The van der Waals surface area contributed by atoms with E-state index in [-0.39, 0.29) is 23.0 Å². The molecule has 128 valence electrons. The van der Waals surface area contributed by atoms with Gasteiger partial charge in [-0.25, -0.2) is 8.42 Å². The zero-order valence-corrected chi connectivity index (χ0v) is 13.9. The topological polar surface area (TPSA) is 93.7 Å². The summed E-state index contributed by atoms with van der Waals surface area (Å²) in [5.41, 5.74) is 0. The van der Waals surface area contributed by atoms with Gasteiger partial charge in [0.15, 0.2) is 21.3 Å². The molecule has 0 aliphatic carbocycles. The van der Waals surface area contributed by atoms with Crippen molar-refractivity contribution in [2.45, 2.75) is 18.2 Å². The molecule has 0 atom stereocenters. The third-order valence-corrected chi connectivity index (χ3v) is 5.06. The molecule has 23 heavy (non-hydrogen) atoms. The van der Waals surface area contributed by atoms with Crippen molar-refractivity contribution in [3.8, 4) is 11.5 Å². The lowest BCUT2D eigenvalue weighted by atomic mass is 10.3. The molecule has 2 N–H and O–H groups in total. The van der Waals surface area contributed by atoms with Crippen LogP contribution in [0.2, 0.25) is 0 Å². The second-order valence-electron chi connectivity index (χ2n) is 5.08. The van der Waals surface area contributed by atoms with Crippen LogP contribution in [0.1, 0.15) is 13.3 Å². The van der Waals surface area contributed by atoms with Crippen LogP contribution in [-0.4, -0.2) is 52.9 Å². The molecule has 0 aromatic heterocycles. The Morgan fingerprint density at radius 3 is 2.65 bits per heavy atom. The van der Waals surface area contributed by atoms with Gasteiger partial charge < -0.3 is 20.1 Å². The number of nitrogens with one attached hydrogen (secondary N) is 2.